The van der Waals surface area contributed by atoms with Crippen molar-refractivity contribution in [3.63, 3.8) is 0 Å². The number of carbonyl (C=O) groups excluding carboxylic acids is 1. The first-order chi connectivity index (χ1) is 42.3. The van der Waals surface area contributed by atoms with Gasteiger partial charge in [0.25, 0.3) is 0 Å². The second-order valence-electron chi connectivity index (χ2n) is 19.5. The molecule has 4 fully saturated rings. The second kappa shape index (κ2) is 29.7. The largest absolute Gasteiger partial charge is 0.449 e. The van der Waals surface area contributed by atoms with Crippen LogP contribution in [0.2, 0.25) is 0 Å². The highest BCUT2D eigenvalue weighted by Crippen LogP contribution is 2.42. The van der Waals surface area contributed by atoms with Crippen molar-refractivity contribution in [2.24, 2.45) is 0 Å². The molecule has 0 spiro atoms. The van der Waals surface area contributed by atoms with Gasteiger partial charge in [0.2, 0.25) is 6.23 Å². The first-order valence-electron chi connectivity index (χ1n) is 26.5. The number of halogens is 4. The molecular weight excluding hydrogens is 1210 g/mol. The van der Waals surface area contributed by atoms with Crippen molar-refractivity contribution in [2.75, 3.05) is 48.9 Å². The van der Waals surface area contributed by atoms with E-state index < -0.39 is 159 Å². The Hall–Kier alpha value is -8.43. The maximum Gasteiger partial charge on any atom is 0.412 e. The summed E-state index contributed by atoms with van der Waals surface area (Å²) >= 11 is 0. The Labute approximate surface area is 495 Å². The molecule has 11 rings (SSSR count). The van der Waals surface area contributed by atoms with Crippen LogP contribution in [0.3, 0.4) is 0 Å². The standard InChI is InChI=1S/C15H22FN3O6.C10H12FN5O4.C9H11F2N3O4.C9H13N3O5.C5H4N4/c1-3-4-5-6-24-15(23)18-12-9(16)7-19(14(22)17-12)13-11(21)10(20)8(2)25-13;11-10-14-7(12)4-8(15-10)16(2-13-4)9-6(19)5(18)3(1-17)20-9;10-9(11)6(16)4(3-15)18-7(9)14-2-1-5(12)13-8(14)17;10-5-1-2-12(9(16)11-5)8-7(15)6(14)4(3-13)17-8;1-4-5(8-2-6-1)9-3-7-4/h7-8,10-11,13,20-21H,3-6H2,1-2H3,(H,17,18,22,23);2-3,5-6,9,17-19H,1H2,(H2,12,14,15);1-2,4,6-7,15-16H,3H2,(H2,12,13,17);1-2,4,6-8,13-15H,3H2,(H2,10,11,16);1-3H,(H,6,7,8,9)/t8-,10-,11-,13-;3-,5-,6+,9-;4-,6-,7-;4-,6-,7+,8-;/m1111./s1. The number of anilines is 4. The van der Waals surface area contributed by atoms with Gasteiger partial charge < -0.3 is 96.9 Å². The summed E-state index contributed by atoms with van der Waals surface area (Å²) < 4.78 is 83.6. The number of alkyl halides is 2. The molecule has 15 atom stereocenters. The molecule has 0 radical (unpaired) electrons. The van der Waals surface area contributed by atoms with Gasteiger partial charge in [-0.15, -0.1) is 0 Å². The minimum absolute atomic E-state index is 0.0323. The number of aromatic amines is 1. The van der Waals surface area contributed by atoms with Gasteiger partial charge in [0.15, 0.2) is 59.1 Å². The van der Waals surface area contributed by atoms with Crippen molar-refractivity contribution >= 4 is 51.7 Å². The number of aliphatic hydroxyl groups excluding tert-OH is 10. The maximum absolute atomic E-state index is 14.1. The van der Waals surface area contributed by atoms with E-state index in [4.69, 9.17) is 56.2 Å². The lowest BCUT2D eigenvalue weighted by atomic mass is 10.1. The van der Waals surface area contributed by atoms with Crippen molar-refractivity contribution in [1.29, 1.82) is 0 Å². The smallest absolute Gasteiger partial charge is 0.412 e. The number of hydrogen-bond acceptors (Lipinski definition) is 31. The third-order valence-electron chi connectivity index (χ3n) is 13.5. The Morgan fingerprint density at radius 1 is 0.708 bits per heavy atom. The zero-order chi connectivity index (χ0) is 65.2. The maximum atomic E-state index is 14.1. The minimum Gasteiger partial charge on any atom is -0.449 e. The second-order valence-corrected chi connectivity index (χ2v) is 19.5. The summed E-state index contributed by atoms with van der Waals surface area (Å²) in [7, 11) is 0. The third-order valence-corrected chi connectivity index (χ3v) is 13.5. The zero-order valence-corrected chi connectivity index (χ0v) is 46.5. The van der Waals surface area contributed by atoms with Crippen LogP contribution in [0.4, 0.5) is 45.6 Å². The molecule has 1 amide bonds. The summed E-state index contributed by atoms with van der Waals surface area (Å²) in [5, 5.41) is 96.5. The molecule has 4 aliphatic rings. The first kappa shape index (κ1) is 68.1. The van der Waals surface area contributed by atoms with Crippen molar-refractivity contribution in [2.45, 2.75) is 131 Å². The topological polar surface area (TPSA) is 558 Å². The number of ether oxygens (including phenoxy) is 5. The molecule has 0 bridgehead atoms. The van der Waals surface area contributed by atoms with Gasteiger partial charge in [0, 0.05) is 12.4 Å². The predicted molar refractivity (Wildman–Crippen MR) is 290 cm³/mol. The van der Waals surface area contributed by atoms with Crippen molar-refractivity contribution in [3.05, 3.63) is 99.3 Å². The van der Waals surface area contributed by atoms with Crippen LogP contribution in [0.1, 0.15) is 58.0 Å². The number of H-pyrrole nitrogens is 1. The molecule has 18 N–H and O–H groups in total. The van der Waals surface area contributed by atoms with Crippen molar-refractivity contribution < 1.29 is 97.1 Å². The van der Waals surface area contributed by atoms with E-state index in [2.05, 4.69) is 55.2 Å². The molecule has 89 heavy (non-hydrogen) atoms. The molecule has 37 nitrogen and oxygen atoms in total. The monoisotopic (exact) mass is 1270 g/mol. The van der Waals surface area contributed by atoms with Crippen LogP contribution >= 0.6 is 0 Å². The SMILES string of the molecule is CCCCCOC(=O)Nc1nc(=O)n([C@@H]2O[C@H](C)[C@@H](O)[C@H]2O)cc1F.Nc1ccn([C@@H]2O[C@H](CO)[C@@H](O)C2(F)F)c(=O)n1.Nc1ccn([C@@H]2O[C@H](CO)[C@@H](O)[C@@H]2O)c(=O)n1.Nc1nc(F)nc2c1ncn2[C@@H]1O[C@H](CO)[C@@H](O)[C@@H]1O.c1ncc2[nH]cnc2n1. The van der Waals surface area contributed by atoms with E-state index in [1.54, 1.807) is 12.5 Å². The molecule has 486 valence electrons. The van der Waals surface area contributed by atoms with E-state index in [-0.39, 0.29) is 35.2 Å². The van der Waals surface area contributed by atoms with Crippen molar-refractivity contribution in [1.82, 2.24) is 68.1 Å². The van der Waals surface area contributed by atoms with Crippen LogP contribution in [0.15, 0.2) is 70.3 Å². The fraction of sp³-hybridized carbons (Fsp3) is 0.521. The molecule has 4 aliphatic heterocycles. The molecular formula is C48H62F4N18O19. The summed E-state index contributed by atoms with van der Waals surface area (Å²) in [6.07, 6.45) is -9.83. The van der Waals surface area contributed by atoms with E-state index in [9.17, 15) is 72.5 Å². The molecule has 0 aromatic carbocycles. The van der Waals surface area contributed by atoms with Crippen LogP contribution in [-0.4, -0.2) is 225 Å². The highest BCUT2D eigenvalue weighted by molar-refractivity contribution is 5.83. The Kier molecular flexibility index (Phi) is 22.7. The van der Waals surface area contributed by atoms with Crippen LogP contribution in [0.25, 0.3) is 22.3 Å². The number of hydrogen-bond donors (Lipinski definition) is 15. The van der Waals surface area contributed by atoms with Crippen LogP contribution in [-0.2, 0) is 23.7 Å². The number of nitrogens with zero attached hydrogens (tertiary/aromatic N) is 13. The van der Waals surface area contributed by atoms with E-state index >= 15 is 0 Å². The fourth-order valence-electron chi connectivity index (χ4n) is 8.77. The first-order valence-corrected chi connectivity index (χ1v) is 26.5. The van der Waals surface area contributed by atoms with Gasteiger partial charge in [-0.1, -0.05) is 19.8 Å². The number of imidazole rings is 2. The lowest BCUT2D eigenvalue weighted by Crippen LogP contribution is -2.41. The van der Waals surface area contributed by atoms with Crippen LogP contribution < -0.4 is 39.6 Å². The quantitative estimate of drug-likeness (QED) is 0.0311. The summed E-state index contributed by atoms with van der Waals surface area (Å²) in [4.78, 5) is 82.1. The molecule has 41 heteroatoms. The van der Waals surface area contributed by atoms with Gasteiger partial charge in [-0.25, -0.2) is 43.5 Å². The summed E-state index contributed by atoms with van der Waals surface area (Å²) in [6.45, 7) is 1.98. The number of aliphatic hydroxyl groups is 10. The number of fused-ring (bicyclic) bond motifs is 2. The zero-order valence-electron chi connectivity index (χ0n) is 46.5. The predicted octanol–water partition coefficient (Wildman–Crippen LogP) is -4.58. The molecule has 11 heterocycles. The lowest BCUT2D eigenvalue weighted by Gasteiger charge is -2.20. The molecule has 0 aliphatic carbocycles. The molecule has 0 unspecified atom stereocenters. The Balaban J connectivity index is 0.000000162. The van der Waals surface area contributed by atoms with Crippen LogP contribution in [0, 0.1) is 11.9 Å². The molecule has 7 aromatic rings. The molecule has 0 saturated carbocycles. The van der Waals surface area contributed by atoms with E-state index in [1.807, 2.05) is 6.92 Å². The van der Waals surface area contributed by atoms with Gasteiger partial charge in [-0.3, -0.25) is 23.6 Å². The Morgan fingerprint density at radius 2 is 1.28 bits per heavy atom. The Morgan fingerprint density at radius 3 is 1.82 bits per heavy atom. The number of aromatic nitrogens is 14. The number of amides is 1. The number of carbonyl (C=O) groups is 1. The number of rotatable bonds is 12. The van der Waals surface area contributed by atoms with E-state index in [0.717, 1.165) is 46.0 Å². The normalized spacial score (nSPS) is 27.5. The van der Waals surface area contributed by atoms with Gasteiger partial charge in [-0.2, -0.15) is 38.1 Å². The summed E-state index contributed by atoms with van der Waals surface area (Å²) in [5.74, 6) is -5.50. The Bertz CT molecular complexity index is 3650. The van der Waals surface area contributed by atoms with E-state index in [1.165, 1.54) is 36.4 Å². The third kappa shape index (κ3) is 15.5. The van der Waals surface area contributed by atoms with E-state index in [0.29, 0.717) is 16.6 Å². The number of nitrogen functional groups attached to an aromatic ring is 3. The van der Waals surface area contributed by atoms with Gasteiger partial charge >= 0.3 is 35.2 Å². The minimum atomic E-state index is -3.71. The molecule has 7 aromatic heterocycles. The van der Waals surface area contributed by atoms with Crippen molar-refractivity contribution in [3.8, 4) is 0 Å². The fourth-order valence-corrected chi connectivity index (χ4v) is 8.77. The number of nitrogens with two attached hydrogens (primary N) is 3. The van der Waals surface area contributed by atoms with Gasteiger partial charge in [0.1, 0.15) is 78.4 Å². The van der Waals surface area contributed by atoms with Gasteiger partial charge in [-0.05, 0) is 25.5 Å². The number of nitrogens with one attached hydrogen (secondary N) is 2. The average Bonchev–Trinajstić information content (AvgIpc) is 1.71. The summed E-state index contributed by atoms with van der Waals surface area (Å²) in [5.41, 5.74) is 15.2. The van der Waals surface area contributed by atoms with Gasteiger partial charge in [0.05, 0.1) is 57.6 Å². The van der Waals surface area contributed by atoms with Crippen LogP contribution in [0.5, 0.6) is 0 Å². The average molecular weight is 1270 g/mol. The molecule has 4 saturated heterocycles. The summed E-state index contributed by atoms with van der Waals surface area (Å²) in [6, 6.07) is 2.52. The highest BCUT2D eigenvalue weighted by Gasteiger charge is 2.59. The lowest BCUT2D eigenvalue weighted by molar-refractivity contribution is -0.140. The number of unbranched alkanes of at least 4 members (excludes halogenated alkanes) is 2. The highest BCUT2D eigenvalue weighted by atomic mass is 19.3.